The lowest BCUT2D eigenvalue weighted by molar-refractivity contribution is -0.633. The van der Waals surface area contributed by atoms with E-state index in [1.165, 1.54) is 11.5 Å². The van der Waals surface area contributed by atoms with Crippen molar-refractivity contribution in [3.63, 3.8) is 0 Å². The van der Waals surface area contributed by atoms with E-state index < -0.39 is 5.95 Å². The van der Waals surface area contributed by atoms with E-state index in [1.54, 1.807) is 6.07 Å². The van der Waals surface area contributed by atoms with Crippen molar-refractivity contribution in [2.24, 2.45) is 7.05 Å². The standard InChI is InChI=1S/C22H16FN2O/c1-13-7-9-15-16-10-12-19(23)24-22(16)26-21(15)20(13)18-11-8-14-5-3-4-6-17(14)25(18)2/h3-12H,1-2H3/q+1. The minimum atomic E-state index is -0.536. The molecule has 3 nitrogen and oxygen atoms in total. The molecule has 0 unspecified atom stereocenters. The maximum atomic E-state index is 13.5. The van der Waals surface area contributed by atoms with Gasteiger partial charge in [0.2, 0.25) is 22.9 Å². The minimum absolute atomic E-state index is 0.329. The highest BCUT2D eigenvalue weighted by Gasteiger charge is 2.22. The van der Waals surface area contributed by atoms with Crippen LogP contribution in [0.5, 0.6) is 0 Å². The highest BCUT2D eigenvalue weighted by atomic mass is 19.1. The average Bonchev–Trinajstić information content (AvgIpc) is 3.00. The van der Waals surface area contributed by atoms with Crippen molar-refractivity contribution < 1.29 is 13.4 Å². The molecule has 0 aliphatic rings. The van der Waals surface area contributed by atoms with E-state index in [4.69, 9.17) is 4.42 Å². The zero-order chi connectivity index (χ0) is 17.8. The summed E-state index contributed by atoms with van der Waals surface area (Å²) >= 11 is 0. The average molecular weight is 343 g/mol. The summed E-state index contributed by atoms with van der Waals surface area (Å²) in [6.45, 7) is 2.06. The van der Waals surface area contributed by atoms with Crippen LogP contribution >= 0.6 is 0 Å². The summed E-state index contributed by atoms with van der Waals surface area (Å²) in [5.74, 6) is -0.536. The smallest absolute Gasteiger partial charge is 0.229 e. The van der Waals surface area contributed by atoms with Crippen LogP contribution in [0, 0.1) is 12.9 Å². The third kappa shape index (κ3) is 2.05. The maximum Gasteiger partial charge on any atom is 0.229 e. The number of fused-ring (bicyclic) bond motifs is 4. The number of pyridine rings is 2. The minimum Gasteiger partial charge on any atom is -0.437 e. The van der Waals surface area contributed by atoms with Gasteiger partial charge in [-0.2, -0.15) is 13.9 Å². The Morgan fingerprint density at radius 1 is 0.923 bits per heavy atom. The number of halogens is 1. The Labute approximate surface area is 149 Å². The molecule has 0 fully saturated rings. The molecule has 5 rings (SSSR count). The van der Waals surface area contributed by atoms with Crippen LogP contribution in [0.3, 0.4) is 0 Å². The van der Waals surface area contributed by atoms with Crippen molar-refractivity contribution >= 4 is 33.0 Å². The first-order valence-electron chi connectivity index (χ1n) is 8.50. The molecule has 3 heterocycles. The Balaban J connectivity index is 1.91. The van der Waals surface area contributed by atoms with E-state index in [1.807, 2.05) is 18.2 Å². The third-order valence-electron chi connectivity index (χ3n) is 5.02. The fourth-order valence-corrected chi connectivity index (χ4v) is 3.71. The summed E-state index contributed by atoms with van der Waals surface area (Å²) in [5.41, 5.74) is 5.37. The lowest BCUT2D eigenvalue weighted by atomic mass is 10.00. The summed E-state index contributed by atoms with van der Waals surface area (Å²) in [6.07, 6.45) is 0. The van der Waals surface area contributed by atoms with E-state index in [9.17, 15) is 4.39 Å². The first-order chi connectivity index (χ1) is 12.6. The van der Waals surface area contributed by atoms with Gasteiger partial charge in [-0.1, -0.05) is 24.3 Å². The zero-order valence-corrected chi connectivity index (χ0v) is 14.5. The molecule has 0 atom stereocenters. The number of rotatable bonds is 1. The van der Waals surface area contributed by atoms with Crippen LogP contribution in [-0.4, -0.2) is 4.98 Å². The van der Waals surface area contributed by atoms with Gasteiger partial charge in [0.1, 0.15) is 7.05 Å². The van der Waals surface area contributed by atoms with E-state index in [2.05, 4.69) is 53.9 Å². The summed E-state index contributed by atoms with van der Waals surface area (Å²) in [4.78, 5) is 3.91. The largest absolute Gasteiger partial charge is 0.437 e. The van der Waals surface area contributed by atoms with Crippen LogP contribution in [-0.2, 0) is 7.05 Å². The van der Waals surface area contributed by atoms with Gasteiger partial charge in [-0.15, -0.1) is 0 Å². The predicted molar refractivity (Wildman–Crippen MR) is 100 cm³/mol. The van der Waals surface area contributed by atoms with Crippen LogP contribution in [0.15, 0.2) is 65.1 Å². The molecule has 126 valence electrons. The monoisotopic (exact) mass is 343 g/mol. The summed E-state index contributed by atoms with van der Waals surface area (Å²) in [6, 6.07) is 19.7. The van der Waals surface area contributed by atoms with Crippen molar-refractivity contribution in [1.29, 1.82) is 0 Å². The molecule has 2 aromatic carbocycles. The third-order valence-corrected chi connectivity index (χ3v) is 5.02. The van der Waals surface area contributed by atoms with Crippen molar-refractivity contribution in [3.8, 4) is 11.3 Å². The normalized spacial score (nSPS) is 11.7. The summed E-state index contributed by atoms with van der Waals surface area (Å²) in [7, 11) is 2.05. The second kappa shape index (κ2) is 5.36. The van der Waals surface area contributed by atoms with Crippen molar-refractivity contribution in [3.05, 3.63) is 72.2 Å². The molecule has 0 saturated carbocycles. The molecule has 0 spiro atoms. The van der Waals surface area contributed by atoms with E-state index in [0.717, 1.165) is 38.7 Å². The van der Waals surface area contributed by atoms with Crippen LogP contribution in [0.4, 0.5) is 4.39 Å². The first-order valence-corrected chi connectivity index (χ1v) is 8.50. The number of nitrogens with zero attached hydrogens (tertiary/aromatic N) is 2. The molecule has 5 aromatic rings. The highest BCUT2D eigenvalue weighted by Crippen LogP contribution is 2.36. The highest BCUT2D eigenvalue weighted by molar-refractivity contribution is 6.08. The fraction of sp³-hybridized carbons (Fsp3) is 0.0909. The van der Waals surface area contributed by atoms with Gasteiger partial charge in [-0.25, -0.2) is 0 Å². The van der Waals surface area contributed by atoms with Gasteiger partial charge >= 0.3 is 0 Å². The molecule has 0 saturated heterocycles. The number of furan rings is 1. The maximum absolute atomic E-state index is 13.5. The van der Waals surface area contributed by atoms with Crippen molar-refractivity contribution in [2.75, 3.05) is 0 Å². The number of hydrogen-bond acceptors (Lipinski definition) is 2. The van der Waals surface area contributed by atoms with Gasteiger partial charge in [-0.05, 0) is 36.8 Å². The Morgan fingerprint density at radius 2 is 1.73 bits per heavy atom. The lowest BCUT2D eigenvalue weighted by Gasteiger charge is -2.07. The molecule has 0 amide bonds. The number of benzene rings is 2. The lowest BCUT2D eigenvalue weighted by Crippen LogP contribution is -2.32. The van der Waals surface area contributed by atoms with Crippen LogP contribution in [0.1, 0.15) is 5.56 Å². The Morgan fingerprint density at radius 3 is 2.62 bits per heavy atom. The van der Waals surface area contributed by atoms with Gasteiger partial charge in [0.15, 0.2) is 5.58 Å². The molecule has 3 aromatic heterocycles. The Kier molecular flexibility index (Phi) is 3.10. The summed E-state index contributed by atoms with van der Waals surface area (Å²) in [5, 5.41) is 2.95. The molecule has 0 radical (unpaired) electrons. The van der Waals surface area contributed by atoms with Crippen molar-refractivity contribution in [2.45, 2.75) is 6.92 Å². The first kappa shape index (κ1) is 15.0. The number of aryl methyl sites for hydroxylation is 2. The molecule has 0 N–H and O–H groups in total. The van der Waals surface area contributed by atoms with E-state index in [-0.39, 0.29) is 0 Å². The van der Waals surface area contributed by atoms with Gasteiger partial charge in [0.25, 0.3) is 0 Å². The summed E-state index contributed by atoms with van der Waals surface area (Å²) < 4.78 is 21.7. The van der Waals surface area contributed by atoms with Crippen LogP contribution < -0.4 is 4.57 Å². The van der Waals surface area contributed by atoms with Crippen molar-refractivity contribution in [1.82, 2.24) is 4.98 Å². The zero-order valence-electron chi connectivity index (χ0n) is 14.5. The Hall–Kier alpha value is -3.27. The van der Waals surface area contributed by atoms with Gasteiger partial charge in [0.05, 0.1) is 5.56 Å². The second-order valence-corrected chi connectivity index (χ2v) is 6.56. The SMILES string of the molecule is Cc1ccc2c(oc3nc(F)ccc32)c1-c1ccc2ccccc2[n+]1C. The van der Waals surface area contributed by atoms with E-state index >= 15 is 0 Å². The fourth-order valence-electron chi connectivity index (χ4n) is 3.71. The number of para-hydroxylation sites is 1. The molecule has 0 aliphatic carbocycles. The molecule has 0 bridgehead atoms. The van der Waals surface area contributed by atoms with Crippen LogP contribution in [0.25, 0.3) is 44.2 Å². The van der Waals surface area contributed by atoms with Gasteiger partial charge in [-0.3, -0.25) is 0 Å². The molecule has 4 heteroatoms. The molecule has 26 heavy (non-hydrogen) atoms. The second-order valence-electron chi connectivity index (χ2n) is 6.56. The Bertz CT molecular complexity index is 1320. The van der Waals surface area contributed by atoms with Gasteiger partial charge < -0.3 is 4.42 Å². The number of hydrogen-bond donors (Lipinski definition) is 0. The molecular formula is C22H16FN2O+. The topological polar surface area (TPSA) is 29.9 Å². The quantitative estimate of drug-likeness (QED) is 0.314. The molecule has 0 aliphatic heterocycles. The van der Waals surface area contributed by atoms with Crippen LogP contribution in [0.2, 0.25) is 0 Å². The molecular weight excluding hydrogens is 327 g/mol. The van der Waals surface area contributed by atoms with E-state index in [0.29, 0.717) is 5.71 Å². The van der Waals surface area contributed by atoms with Gasteiger partial charge in [0, 0.05) is 28.3 Å². The number of aromatic nitrogens is 2. The predicted octanol–water partition coefficient (Wildman–Crippen LogP) is 5.07.